The Bertz CT molecular complexity index is 1470. The minimum Gasteiger partial charge on any atom is -0.508 e. The molecular formula is C32H37N5O5. The average molecular weight is 572 g/mol. The van der Waals surface area contributed by atoms with Crippen molar-refractivity contribution in [3.63, 3.8) is 0 Å². The van der Waals surface area contributed by atoms with Crippen molar-refractivity contribution in [2.45, 2.75) is 62.7 Å². The van der Waals surface area contributed by atoms with Crippen LogP contribution in [0.25, 0.3) is 10.8 Å². The first kappa shape index (κ1) is 29.1. The molecule has 10 nitrogen and oxygen atoms in total. The Balaban J connectivity index is 1.36. The maximum absolute atomic E-state index is 13.9. The quantitative estimate of drug-likeness (QED) is 0.305. The van der Waals surface area contributed by atoms with Crippen molar-refractivity contribution in [3.8, 4) is 5.75 Å². The highest BCUT2D eigenvalue weighted by molar-refractivity contribution is 5.96. The van der Waals surface area contributed by atoms with E-state index in [1.807, 2.05) is 42.5 Å². The van der Waals surface area contributed by atoms with Crippen LogP contribution in [0.1, 0.15) is 36.8 Å². The molecule has 10 heteroatoms. The van der Waals surface area contributed by atoms with E-state index in [4.69, 9.17) is 11.5 Å². The van der Waals surface area contributed by atoms with Gasteiger partial charge < -0.3 is 31.7 Å². The second-order valence-electron chi connectivity index (χ2n) is 11.2. The van der Waals surface area contributed by atoms with Crippen molar-refractivity contribution in [1.82, 2.24) is 15.1 Å². The molecule has 5 rings (SSSR count). The lowest BCUT2D eigenvalue weighted by atomic mass is 9.97. The maximum Gasteiger partial charge on any atom is 0.246 e. The number of nitrogens with two attached hydrogens (primary N) is 2. The minimum absolute atomic E-state index is 0.124. The van der Waals surface area contributed by atoms with E-state index in [0.29, 0.717) is 38.8 Å². The van der Waals surface area contributed by atoms with Crippen LogP contribution in [0.15, 0.2) is 66.7 Å². The molecule has 2 heterocycles. The topological polar surface area (TPSA) is 159 Å². The molecule has 3 aromatic rings. The van der Waals surface area contributed by atoms with Crippen LogP contribution in [0.3, 0.4) is 0 Å². The zero-order valence-corrected chi connectivity index (χ0v) is 23.4. The normalized spacial score (nSPS) is 19.9. The van der Waals surface area contributed by atoms with Crippen molar-refractivity contribution >= 4 is 34.4 Å². The molecule has 42 heavy (non-hydrogen) atoms. The molecule has 0 unspecified atom stereocenters. The number of primary amides is 1. The summed E-state index contributed by atoms with van der Waals surface area (Å²) in [6.07, 6.45) is 2.70. The van der Waals surface area contributed by atoms with Gasteiger partial charge in [0.1, 0.15) is 23.9 Å². The number of hydrogen-bond acceptors (Lipinski definition) is 6. The molecule has 0 aromatic heterocycles. The van der Waals surface area contributed by atoms with Crippen molar-refractivity contribution in [1.29, 1.82) is 0 Å². The number of amides is 4. The molecule has 0 spiro atoms. The zero-order chi connectivity index (χ0) is 29.8. The lowest BCUT2D eigenvalue weighted by Crippen LogP contribution is -2.57. The van der Waals surface area contributed by atoms with Crippen molar-refractivity contribution in [2.75, 3.05) is 13.1 Å². The lowest BCUT2D eigenvalue weighted by molar-refractivity contribution is -0.143. The van der Waals surface area contributed by atoms with Gasteiger partial charge in [-0.3, -0.25) is 19.2 Å². The number of fused-ring (bicyclic) bond motifs is 1. The minimum atomic E-state index is -0.952. The Morgan fingerprint density at radius 3 is 2.19 bits per heavy atom. The largest absolute Gasteiger partial charge is 0.508 e. The number of hydrogen-bond donors (Lipinski definition) is 4. The smallest absolute Gasteiger partial charge is 0.246 e. The summed E-state index contributed by atoms with van der Waals surface area (Å²) >= 11 is 0. The second kappa shape index (κ2) is 12.6. The summed E-state index contributed by atoms with van der Waals surface area (Å²) in [7, 11) is 0. The molecule has 6 N–H and O–H groups in total. The van der Waals surface area contributed by atoms with Gasteiger partial charge in [0.15, 0.2) is 0 Å². The van der Waals surface area contributed by atoms with Gasteiger partial charge in [0.2, 0.25) is 23.6 Å². The fourth-order valence-electron chi connectivity index (χ4n) is 6.17. The fraction of sp³-hybridized carbons (Fsp3) is 0.375. The van der Waals surface area contributed by atoms with E-state index >= 15 is 0 Å². The number of phenolic OH excluding ortho intramolecular Hbond substituents is 1. The predicted molar refractivity (Wildman–Crippen MR) is 158 cm³/mol. The molecule has 2 fully saturated rings. The Hall–Kier alpha value is -4.44. The molecule has 2 aliphatic rings. The fourth-order valence-corrected chi connectivity index (χ4v) is 6.17. The molecule has 0 bridgehead atoms. The Labute approximate surface area is 244 Å². The number of benzene rings is 3. The molecule has 0 aliphatic carbocycles. The summed E-state index contributed by atoms with van der Waals surface area (Å²) in [5, 5.41) is 14.5. The summed E-state index contributed by atoms with van der Waals surface area (Å²) in [4.78, 5) is 56.1. The molecular weight excluding hydrogens is 534 g/mol. The van der Waals surface area contributed by atoms with Crippen LogP contribution in [0.2, 0.25) is 0 Å². The zero-order valence-electron chi connectivity index (χ0n) is 23.4. The van der Waals surface area contributed by atoms with Gasteiger partial charge in [0, 0.05) is 19.5 Å². The van der Waals surface area contributed by atoms with Gasteiger partial charge in [-0.05, 0) is 66.1 Å². The molecule has 2 aliphatic heterocycles. The third-order valence-electron chi connectivity index (χ3n) is 8.33. The van der Waals surface area contributed by atoms with E-state index in [1.165, 1.54) is 21.9 Å². The van der Waals surface area contributed by atoms with Gasteiger partial charge >= 0.3 is 0 Å². The van der Waals surface area contributed by atoms with E-state index in [2.05, 4.69) is 5.32 Å². The van der Waals surface area contributed by atoms with Gasteiger partial charge in [-0.2, -0.15) is 0 Å². The number of nitrogens with one attached hydrogen (secondary N) is 1. The van der Waals surface area contributed by atoms with Crippen LogP contribution in [-0.4, -0.2) is 75.8 Å². The van der Waals surface area contributed by atoms with Crippen LogP contribution in [0, 0.1) is 0 Å². The molecule has 220 valence electrons. The summed E-state index contributed by atoms with van der Waals surface area (Å²) in [6, 6.07) is 16.8. The Kier molecular flexibility index (Phi) is 8.72. The SMILES string of the molecule is NC(=O)[C@@H]1CCCN1C(=O)[C@H](Cc1cccc2ccccc12)NC(=O)[C@@H]1CCCN1C(=O)[C@@H](N)Cc1ccc(O)cc1. The molecule has 3 aromatic carbocycles. The summed E-state index contributed by atoms with van der Waals surface area (Å²) < 4.78 is 0. The highest BCUT2D eigenvalue weighted by Gasteiger charge is 2.40. The number of rotatable bonds is 9. The second-order valence-corrected chi connectivity index (χ2v) is 11.2. The number of likely N-dealkylation sites (tertiary alicyclic amines) is 2. The van der Waals surface area contributed by atoms with E-state index in [-0.39, 0.29) is 30.4 Å². The summed E-state index contributed by atoms with van der Waals surface area (Å²) in [6.45, 7) is 0.770. The predicted octanol–water partition coefficient (Wildman–Crippen LogP) is 1.61. The van der Waals surface area contributed by atoms with E-state index in [0.717, 1.165) is 21.9 Å². The molecule has 4 atom stereocenters. The Morgan fingerprint density at radius 1 is 0.833 bits per heavy atom. The number of aromatic hydroxyl groups is 1. The first-order valence-corrected chi connectivity index (χ1v) is 14.4. The highest BCUT2D eigenvalue weighted by atomic mass is 16.3. The van der Waals surface area contributed by atoms with Crippen LogP contribution in [-0.2, 0) is 32.0 Å². The number of phenols is 1. The van der Waals surface area contributed by atoms with Crippen LogP contribution in [0.5, 0.6) is 5.75 Å². The maximum atomic E-state index is 13.9. The summed E-state index contributed by atoms with van der Waals surface area (Å²) in [5.41, 5.74) is 13.6. The van der Waals surface area contributed by atoms with Crippen LogP contribution < -0.4 is 16.8 Å². The lowest BCUT2D eigenvalue weighted by Gasteiger charge is -2.31. The molecule has 0 radical (unpaired) electrons. The number of nitrogens with zero attached hydrogens (tertiary/aromatic N) is 2. The van der Waals surface area contributed by atoms with E-state index in [9.17, 15) is 24.3 Å². The van der Waals surface area contributed by atoms with Gasteiger partial charge in [0.05, 0.1) is 6.04 Å². The number of carbonyl (C=O) groups is 4. The van der Waals surface area contributed by atoms with E-state index in [1.54, 1.807) is 12.1 Å². The standard InChI is InChI=1S/C32H37N5O5/c33-25(18-20-12-14-23(38)15-13-20)31(41)37-17-5-11-28(37)30(40)35-26(32(42)36-16-4-10-27(36)29(34)39)19-22-8-3-7-21-6-1-2-9-24(21)22/h1-3,6-9,12-15,25-28,38H,4-5,10-11,16-19,33H2,(H2,34,39)(H,35,40)/t25-,26-,27-,28-/m0/s1. The van der Waals surface area contributed by atoms with Crippen LogP contribution >= 0.6 is 0 Å². The van der Waals surface area contributed by atoms with Gasteiger partial charge in [-0.15, -0.1) is 0 Å². The molecule has 4 amide bonds. The molecule has 2 saturated heterocycles. The van der Waals surface area contributed by atoms with E-state index < -0.39 is 36.0 Å². The van der Waals surface area contributed by atoms with Gasteiger partial charge in [-0.1, -0.05) is 54.6 Å². The van der Waals surface area contributed by atoms with Crippen LogP contribution in [0.4, 0.5) is 0 Å². The van der Waals surface area contributed by atoms with Crippen molar-refractivity contribution in [2.24, 2.45) is 11.5 Å². The van der Waals surface area contributed by atoms with Crippen molar-refractivity contribution in [3.05, 3.63) is 77.9 Å². The third-order valence-corrected chi connectivity index (χ3v) is 8.33. The molecule has 0 saturated carbocycles. The number of carbonyl (C=O) groups excluding carboxylic acids is 4. The average Bonchev–Trinajstić information content (AvgIpc) is 3.68. The van der Waals surface area contributed by atoms with Gasteiger partial charge in [-0.25, -0.2) is 0 Å². The highest BCUT2D eigenvalue weighted by Crippen LogP contribution is 2.24. The first-order valence-electron chi connectivity index (χ1n) is 14.4. The first-order chi connectivity index (χ1) is 20.2. The third kappa shape index (κ3) is 6.23. The monoisotopic (exact) mass is 571 g/mol. The van der Waals surface area contributed by atoms with Gasteiger partial charge in [0.25, 0.3) is 0 Å². The Morgan fingerprint density at radius 2 is 1.48 bits per heavy atom. The summed E-state index contributed by atoms with van der Waals surface area (Å²) in [5.74, 6) is -1.57. The van der Waals surface area contributed by atoms with Crippen molar-refractivity contribution < 1.29 is 24.3 Å².